The van der Waals surface area contributed by atoms with Crippen LogP contribution in [-0.2, 0) is 17.9 Å². The predicted molar refractivity (Wildman–Crippen MR) is 124 cm³/mol. The number of carbonyl (C=O) groups is 1. The van der Waals surface area contributed by atoms with Crippen molar-refractivity contribution in [3.63, 3.8) is 0 Å². The highest BCUT2D eigenvalue weighted by molar-refractivity contribution is 9.10. The molecule has 3 rings (SSSR count). The molecule has 0 atom stereocenters. The Morgan fingerprint density at radius 2 is 2.07 bits per heavy atom. The number of aromatic nitrogens is 2. The number of ether oxygens (including phenoxy) is 1. The van der Waals surface area contributed by atoms with E-state index in [-0.39, 0.29) is 23.1 Å². The molecule has 0 unspecified atom stereocenters. The molecule has 6 nitrogen and oxygen atoms in total. The number of thioether (sulfide) groups is 1. The second-order valence-corrected chi connectivity index (χ2v) is 9.14. The van der Waals surface area contributed by atoms with Crippen molar-refractivity contribution in [2.24, 2.45) is 5.92 Å². The number of carbonyl (C=O) groups excluding carboxylic acids is 1. The maximum absolute atomic E-state index is 13.0. The number of fused-ring (bicyclic) bond motifs is 1. The topological polar surface area (TPSA) is 73.2 Å². The van der Waals surface area contributed by atoms with Gasteiger partial charge in [-0.1, -0.05) is 53.7 Å². The average Bonchev–Trinajstić information content (AvgIpc) is 2.73. The average molecular weight is 490 g/mol. The highest BCUT2D eigenvalue weighted by Gasteiger charge is 2.14. The van der Waals surface area contributed by atoms with Crippen LogP contribution in [0.15, 0.2) is 56.9 Å². The Balaban J connectivity index is 1.74. The van der Waals surface area contributed by atoms with Gasteiger partial charge in [0, 0.05) is 17.6 Å². The molecule has 0 aliphatic rings. The highest BCUT2D eigenvalue weighted by atomic mass is 79.9. The van der Waals surface area contributed by atoms with Gasteiger partial charge < -0.3 is 10.1 Å². The molecule has 1 amide bonds. The van der Waals surface area contributed by atoms with Crippen molar-refractivity contribution in [2.45, 2.75) is 32.1 Å². The van der Waals surface area contributed by atoms with Crippen LogP contribution in [0.4, 0.5) is 0 Å². The van der Waals surface area contributed by atoms with Crippen LogP contribution in [-0.4, -0.2) is 28.3 Å². The number of hydrogen-bond donors (Lipinski definition) is 1. The second-order valence-electron chi connectivity index (χ2n) is 7.28. The summed E-state index contributed by atoms with van der Waals surface area (Å²) >= 11 is 4.69. The summed E-state index contributed by atoms with van der Waals surface area (Å²) in [5.41, 5.74) is 1.50. The van der Waals surface area contributed by atoms with E-state index in [1.165, 1.54) is 11.8 Å². The minimum atomic E-state index is -0.121. The summed E-state index contributed by atoms with van der Waals surface area (Å²) in [5, 5.41) is 4.03. The summed E-state index contributed by atoms with van der Waals surface area (Å²) in [5.74, 6) is 1.08. The van der Waals surface area contributed by atoms with Crippen LogP contribution < -0.4 is 15.6 Å². The molecule has 30 heavy (non-hydrogen) atoms. The van der Waals surface area contributed by atoms with Crippen LogP contribution >= 0.6 is 27.7 Å². The molecule has 0 bridgehead atoms. The lowest BCUT2D eigenvalue weighted by Crippen LogP contribution is -2.27. The van der Waals surface area contributed by atoms with Gasteiger partial charge in [0.25, 0.3) is 5.56 Å². The van der Waals surface area contributed by atoms with E-state index < -0.39 is 0 Å². The van der Waals surface area contributed by atoms with Gasteiger partial charge in [0.15, 0.2) is 5.16 Å². The predicted octanol–water partition coefficient (Wildman–Crippen LogP) is 4.23. The van der Waals surface area contributed by atoms with E-state index in [1.54, 1.807) is 17.7 Å². The van der Waals surface area contributed by atoms with E-state index in [4.69, 9.17) is 4.74 Å². The number of halogens is 1. The summed E-state index contributed by atoms with van der Waals surface area (Å²) in [6.07, 6.45) is 0. The SMILES string of the molecule is COc1cccc(CNC(=O)CSc2nc3ccc(Br)cc3c(=O)n2CC(C)C)c1. The van der Waals surface area contributed by atoms with Crippen molar-refractivity contribution in [1.82, 2.24) is 14.9 Å². The zero-order chi connectivity index (χ0) is 21.7. The summed E-state index contributed by atoms with van der Waals surface area (Å²) in [6.45, 7) is 5.05. The van der Waals surface area contributed by atoms with Gasteiger partial charge in [-0.05, 0) is 41.8 Å². The van der Waals surface area contributed by atoms with E-state index in [0.717, 1.165) is 15.8 Å². The lowest BCUT2D eigenvalue weighted by atomic mass is 10.2. The number of methoxy groups -OCH3 is 1. The molecule has 158 valence electrons. The molecule has 0 saturated heterocycles. The second kappa shape index (κ2) is 10.1. The molecule has 2 aromatic carbocycles. The Morgan fingerprint density at radius 1 is 1.27 bits per heavy atom. The molecule has 0 saturated carbocycles. The molecule has 1 N–H and O–H groups in total. The third-order valence-corrected chi connectivity index (χ3v) is 5.85. The van der Waals surface area contributed by atoms with Gasteiger partial charge in [-0.25, -0.2) is 4.98 Å². The first kappa shape index (κ1) is 22.4. The fourth-order valence-electron chi connectivity index (χ4n) is 2.97. The summed E-state index contributed by atoms with van der Waals surface area (Å²) in [4.78, 5) is 30.1. The molecule has 0 aliphatic carbocycles. The highest BCUT2D eigenvalue weighted by Crippen LogP contribution is 2.21. The Morgan fingerprint density at radius 3 is 2.80 bits per heavy atom. The van der Waals surface area contributed by atoms with Crippen LogP contribution in [0.2, 0.25) is 0 Å². The van der Waals surface area contributed by atoms with Gasteiger partial charge in [-0.3, -0.25) is 14.2 Å². The Labute approximate surface area is 188 Å². The minimum Gasteiger partial charge on any atom is -0.497 e. The van der Waals surface area contributed by atoms with Crippen molar-refractivity contribution < 1.29 is 9.53 Å². The lowest BCUT2D eigenvalue weighted by Gasteiger charge is -2.15. The van der Waals surface area contributed by atoms with E-state index in [0.29, 0.717) is 29.1 Å². The molecule has 1 aromatic heterocycles. The van der Waals surface area contributed by atoms with Crippen molar-refractivity contribution in [2.75, 3.05) is 12.9 Å². The third kappa shape index (κ3) is 5.64. The van der Waals surface area contributed by atoms with Crippen LogP contribution in [0, 0.1) is 5.92 Å². The number of nitrogens with one attached hydrogen (secondary N) is 1. The monoisotopic (exact) mass is 489 g/mol. The molecule has 0 spiro atoms. The number of benzene rings is 2. The molecular weight excluding hydrogens is 466 g/mol. The normalized spacial score (nSPS) is 11.1. The zero-order valence-electron chi connectivity index (χ0n) is 17.1. The summed E-state index contributed by atoms with van der Waals surface area (Å²) in [7, 11) is 1.61. The standard InChI is InChI=1S/C22H24BrN3O3S/c1-14(2)12-26-21(28)18-10-16(23)7-8-19(18)25-22(26)30-13-20(27)24-11-15-5-4-6-17(9-15)29-3/h4-10,14H,11-13H2,1-3H3,(H,24,27). The van der Waals surface area contributed by atoms with E-state index in [1.807, 2.05) is 50.2 Å². The number of amides is 1. The number of nitrogens with zero attached hydrogens (tertiary/aromatic N) is 2. The van der Waals surface area contributed by atoms with Crippen LogP contribution in [0.1, 0.15) is 19.4 Å². The van der Waals surface area contributed by atoms with Crippen molar-refractivity contribution >= 4 is 44.5 Å². The fraction of sp³-hybridized carbons (Fsp3) is 0.318. The van der Waals surface area contributed by atoms with Crippen LogP contribution in [0.25, 0.3) is 10.9 Å². The van der Waals surface area contributed by atoms with Crippen LogP contribution in [0.3, 0.4) is 0 Å². The lowest BCUT2D eigenvalue weighted by molar-refractivity contribution is -0.118. The molecule has 0 aliphatic heterocycles. The molecule has 0 radical (unpaired) electrons. The smallest absolute Gasteiger partial charge is 0.262 e. The zero-order valence-corrected chi connectivity index (χ0v) is 19.5. The summed E-state index contributed by atoms with van der Waals surface area (Å²) < 4.78 is 7.71. The van der Waals surface area contributed by atoms with Crippen molar-refractivity contribution in [3.8, 4) is 5.75 Å². The van der Waals surface area contributed by atoms with E-state index in [2.05, 4.69) is 26.2 Å². The maximum Gasteiger partial charge on any atom is 0.262 e. The number of hydrogen-bond acceptors (Lipinski definition) is 5. The molecule has 1 heterocycles. The Kier molecular flexibility index (Phi) is 7.55. The maximum atomic E-state index is 13.0. The van der Waals surface area contributed by atoms with Gasteiger partial charge >= 0.3 is 0 Å². The Bertz CT molecular complexity index is 1110. The quantitative estimate of drug-likeness (QED) is 0.378. The number of rotatable bonds is 8. The fourth-order valence-corrected chi connectivity index (χ4v) is 4.17. The largest absolute Gasteiger partial charge is 0.497 e. The van der Waals surface area contributed by atoms with Gasteiger partial charge in [-0.2, -0.15) is 0 Å². The van der Waals surface area contributed by atoms with Gasteiger partial charge in [-0.15, -0.1) is 0 Å². The molecule has 0 fully saturated rings. The first-order chi connectivity index (χ1) is 14.4. The summed E-state index contributed by atoms with van der Waals surface area (Å²) in [6, 6.07) is 13.0. The molecule has 3 aromatic rings. The van der Waals surface area contributed by atoms with Gasteiger partial charge in [0.2, 0.25) is 5.91 Å². The minimum absolute atomic E-state index is 0.0886. The van der Waals surface area contributed by atoms with E-state index in [9.17, 15) is 9.59 Å². The van der Waals surface area contributed by atoms with Gasteiger partial charge in [0.1, 0.15) is 5.75 Å². The van der Waals surface area contributed by atoms with Crippen LogP contribution in [0.5, 0.6) is 5.75 Å². The van der Waals surface area contributed by atoms with E-state index >= 15 is 0 Å². The first-order valence-corrected chi connectivity index (χ1v) is 11.4. The molecule has 8 heteroatoms. The molecular formula is C22H24BrN3O3S. The van der Waals surface area contributed by atoms with Crippen molar-refractivity contribution in [1.29, 1.82) is 0 Å². The van der Waals surface area contributed by atoms with Gasteiger partial charge in [0.05, 0.1) is 23.8 Å². The third-order valence-electron chi connectivity index (χ3n) is 4.39. The Hall–Kier alpha value is -2.32. The first-order valence-electron chi connectivity index (χ1n) is 9.60. The van der Waals surface area contributed by atoms with Crippen molar-refractivity contribution in [3.05, 3.63) is 62.9 Å².